The molecule has 0 amide bonds. The Balaban J connectivity index is 2.01. The second-order valence-corrected chi connectivity index (χ2v) is 6.46. The summed E-state index contributed by atoms with van der Waals surface area (Å²) in [5.41, 5.74) is 2.76. The molecule has 0 saturated carbocycles. The minimum Gasteiger partial charge on any atom is -0.362 e. The molecule has 1 aliphatic heterocycles. The highest BCUT2D eigenvalue weighted by Crippen LogP contribution is 2.19. The summed E-state index contributed by atoms with van der Waals surface area (Å²) in [7, 11) is 0. The van der Waals surface area contributed by atoms with Crippen molar-refractivity contribution in [1.29, 1.82) is 0 Å². The van der Waals surface area contributed by atoms with Gasteiger partial charge in [0.05, 0.1) is 6.54 Å². The molecule has 1 aromatic rings. The Bertz CT molecular complexity index is 440. The Morgan fingerprint density at radius 2 is 2.05 bits per heavy atom. The van der Waals surface area contributed by atoms with E-state index in [1.54, 1.807) is 0 Å². The quantitative estimate of drug-likeness (QED) is 0.903. The van der Waals surface area contributed by atoms with Gasteiger partial charge in [-0.1, -0.05) is 56.8 Å². The van der Waals surface area contributed by atoms with E-state index in [0.29, 0.717) is 12.0 Å². The molecular weight excluding hydrogens is 252 g/mol. The van der Waals surface area contributed by atoms with Crippen LogP contribution in [0.25, 0.3) is 0 Å². The minimum absolute atomic E-state index is 0.585. The van der Waals surface area contributed by atoms with E-state index in [4.69, 9.17) is 4.99 Å². The van der Waals surface area contributed by atoms with Gasteiger partial charge in [0.2, 0.25) is 0 Å². The molecule has 3 heteroatoms. The van der Waals surface area contributed by atoms with E-state index >= 15 is 0 Å². The zero-order chi connectivity index (χ0) is 13.7. The molecule has 2 rings (SSSR count). The number of nitrogens with zero attached hydrogens (tertiary/aromatic N) is 1. The zero-order valence-electron chi connectivity index (χ0n) is 12.1. The maximum atomic E-state index is 4.76. The van der Waals surface area contributed by atoms with E-state index < -0.39 is 0 Å². The van der Waals surface area contributed by atoms with Crippen molar-refractivity contribution in [3.05, 3.63) is 35.4 Å². The summed E-state index contributed by atoms with van der Waals surface area (Å²) in [5, 5.41) is 4.69. The van der Waals surface area contributed by atoms with E-state index in [0.717, 1.165) is 18.1 Å². The second kappa shape index (κ2) is 6.99. The molecule has 1 atom stereocenters. The highest BCUT2D eigenvalue weighted by molar-refractivity contribution is 8.13. The average molecular weight is 276 g/mol. The summed E-state index contributed by atoms with van der Waals surface area (Å²) in [5.74, 6) is 1.86. The maximum absolute atomic E-state index is 4.76. The minimum atomic E-state index is 0.585. The average Bonchev–Trinajstić information content (AvgIpc) is 2.45. The molecule has 1 unspecified atom stereocenters. The molecule has 0 bridgehead atoms. The van der Waals surface area contributed by atoms with E-state index in [2.05, 4.69) is 50.4 Å². The number of aryl methyl sites for hydroxylation is 1. The summed E-state index contributed by atoms with van der Waals surface area (Å²) in [4.78, 5) is 4.76. The fourth-order valence-electron chi connectivity index (χ4n) is 2.36. The number of nitrogens with one attached hydrogen (secondary N) is 1. The normalized spacial score (nSPS) is 21.7. The highest BCUT2D eigenvalue weighted by Gasteiger charge is 2.19. The van der Waals surface area contributed by atoms with Gasteiger partial charge in [-0.25, -0.2) is 0 Å². The molecule has 1 aliphatic rings. The Labute approximate surface area is 121 Å². The first-order valence-corrected chi connectivity index (χ1v) is 8.19. The molecule has 0 spiro atoms. The van der Waals surface area contributed by atoms with Crippen LogP contribution in [0.1, 0.15) is 38.3 Å². The summed E-state index contributed by atoms with van der Waals surface area (Å²) in [6, 6.07) is 9.19. The highest BCUT2D eigenvalue weighted by atomic mass is 32.2. The predicted molar refractivity (Wildman–Crippen MR) is 85.8 cm³/mol. The van der Waals surface area contributed by atoms with Crippen LogP contribution in [0.4, 0.5) is 0 Å². The lowest BCUT2D eigenvalue weighted by molar-refractivity contribution is 0.442. The van der Waals surface area contributed by atoms with Gasteiger partial charge in [-0.3, -0.25) is 4.99 Å². The number of hydrogen-bond donors (Lipinski definition) is 1. The van der Waals surface area contributed by atoms with Crippen molar-refractivity contribution in [2.75, 3.05) is 5.75 Å². The van der Waals surface area contributed by atoms with Crippen LogP contribution in [0, 0.1) is 5.92 Å². The van der Waals surface area contributed by atoms with Crippen molar-refractivity contribution < 1.29 is 0 Å². The molecule has 0 radical (unpaired) electrons. The molecule has 1 saturated heterocycles. The monoisotopic (exact) mass is 276 g/mol. The lowest BCUT2D eigenvalue weighted by Gasteiger charge is -2.28. The van der Waals surface area contributed by atoms with E-state index in [1.165, 1.54) is 23.3 Å². The summed E-state index contributed by atoms with van der Waals surface area (Å²) < 4.78 is 0. The fraction of sp³-hybridized carbons (Fsp3) is 0.562. The van der Waals surface area contributed by atoms with Gasteiger partial charge >= 0.3 is 0 Å². The van der Waals surface area contributed by atoms with Crippen LogP contribution in [0.15, 0.2) is 29.3 Å². The first kappa shape index (κ1) is 14.4. The third-order valence-electron chi connectivity index (χ3n) is 3.67. The van der Waals surface area contributed by atoms with Gasteiger partial charge in [-0.2, -0.15) is 0 Å². The molecule has 1 N–H and O–H groups in total. The number of thioether (sulfide) groups is 1. The van der Waals surface area contributed by atoms with E-state index in [1.807, 2.05) is 11.8 Å². The summed E-state index contributed by atoms with van der Waals surface area (Å²) in [6.45, 7) is 7.55. The van der Waals surface area contributed by atoms with Crippen LogP contribution < -0.4 is 5.32 Å². The first-order chi connectivity index (χ1) is 9.20. The third kappa shape index (κ3) is 4.00. The smallest absolute Gasteiger partial charge is 0.157 e. The van der Waals surface area contributed by atoms with Crippen molar-refractivity contribution in [1.82, 2.24) is 5.32 Å². The van der Waals surface area contributed by atoms with E-state index in [9.17, 15) is 0 Å². The lowest BCUT2D eigenvalue weighted by atomic mass is 10.0. The standard InChI is InChI=1S/C16H24N2S/c1-4-13-7-5-6-8-14(13)11-17-16-18-15(12(2)3)9-10-19-16/h5-8,12,15H,4,9-11H2,1-3H3,(H,17,18). The summed E-state index contributed by atoms with van der Waals surface area (Å²) >= 11 is 1.86. The van der Waals surface area contributed by atoms with Crippen LogP contribution >= 0.6 is 11.8 Å². The summed E-state index contributed by atoms with van der Waals surface area (Å²) in [6.07, 6.45) is 2.32. The Kier molecular flexibility index (Phi) is 5.32. The topological polar surface area (TPSA) is 24.4 Å². The molecule has 19 heavy (non-hydrogen) atoms. The van der Waals surface area contributed by atoms with Gasteiger partial charge in [-0.05, 0) is 29.9 Å². The SMILES string of the molecule is CCc1ccccc1CN=C1NC(C(C)C)CCS1. The Morgan fingerprint density at radius 3 is 2.74 bits per heavy atom. The van der Waals surface area contributed by atoms with Crippen molar-refractivity contribution in [2.24, 2.45) is 10.9 Å². The molecule has 0 aliphatic carbocycles. The maximum Gasteiger partial charge on any atom is 0.157 e. The van der Waals surface area contributed by atoms with Crippen LogP contribution in [0.2, 0.25) is 0 Å². The predicted octanol–water partition coefficient (Wildman–Crippen LogP) is 3.86. The molecule has 0 aromatic heterocycles. The number of benzene rings is 1. The molecule has 1 aromatic carbocycles. The second-order valence-electron chi connectivity index (χ2n) is 5.38. The zero-order valence-corrected chi connectivity index (χ0v) is 13.0. The fourth-order valence-corrected chi connectivity index (χ4v) is 3.32. The van der Waals surface area contributed by atoms with Gasteiger partial charge < -0.3 is 5.32 Å². The van der Waals surface area contributed by atoms with Crippen LogP contribution in [0.3, 0.4) is 0 Å². The number of hydrogen-bond acceptors (Lipinski definition) is 2. The molecule has 1 fully saturated rings. The van der Waals surface area contributed by atoms with Gasteiger partial charge in [-0.15, -0.1) is 0 Å². The van der Waals surface area contributed by atoms with Crippen molar-refractivity contribution in [3.63, 3.8) is 0 Å². The van der Waals surface area contributed by atoms with Crippen LogP contribution in [0.5, 0.6) is 0 Å². The van der Waals surface area contributed by atoms with Gasteiger partial charge in [0.1, 0.15) is 0 Å². The molecule has 1 heterocycles. The van der Waals surface area contributed by atoms with Crippen molar-refractivity contribution >= 4 is 16.9 Å². The lowest BCUT2D eigenvalue weighted by Crippen LogP contribution is -2.41. The number of amidine groups is 1. The van der Waals surface area contributed by atoms with Crippen LogP contribution in [-0.2, 0) is 13.0 Å². The van der Waals surface area contributed by atoms with Gasteiger partial charge in [0.25, 0.3) is 0 Å². The van der Waals surface area contributed by atoms with Crippen molar-refractivity contribution in [3.8, 4) is 0 Å². The van der Waals surface area contributed by atoms with E-state index in [-0.39, 0.29) is 0 Å². The molecular formula is C16H24N2S. The van der Waals surface area contributed by atoms with Crippen LogP contribution in [-0.4, -0.2) is 17.0 Å². The third-order valence-corrected chi connectivity index (χ3v) is 4.63. The molecule has 2 nitrogen and oxygen atoms in total. The molecule has 104 valence electrons. The number of rotatable bonds is 4. The first-order valence-electron chi connectivity index (χ1n) is 7.21. The number of aliphatic imine (C=N–C) groups is 1. The van der Waals surface area contributed by atoms with Crippen molar-refractivity contribution in [2.45, 2.75) is 46.2 Å². The Morgan fingerprint density at radius 1 is 1.32 bits per heavy atom. The Hall–Kier alpha value is -0.960. The largest absolute Gasteiger partial charge is 0.362 e. The van der Waals surface area contributed by atoms with Gasteiger partial charge in [0.15, 0.2) is 5.17 Å². The van der Waals surface area contributed by atoms with Gasteiger partial charge in [0, 0.05) is 11.8 Å².